The number of aromatic nitrogens is 2. The standard InChI is InChI=1S/C23H22N2/c1-2-8-16(9-3-1)21(22-19-12-6-4-10-17(19)14-24-22)23-20-13-7-5-11-18(20)15-25-23/h1-9,14-15,21,24-25H,10-13H2. The first-order valence-corrected chi connectivity index (χ1v) is 9.15. The van der Waals surface area contributed by atoms with Gasteiger partial charge >= 0.3 is 0 Å². The molecule has 2 nitrogen and oxygen atoms in total. The van der Waals surface area contributed by atoms with Crippen molar-refractivity contribution in [3.63, 3.8) is 0 Å². The van der Waals surface area contributed by atoms with Crippen LogP contribution in [0.4, 0.5) is 0 Å². The summed E-state index contributed by atoms with van der Waals surface area (Å²) in [6, 6.07) is 10.9. The summed E-state index contributed by atoms with van der Waals surface area (Å²) in [6.45, 7) is 0. The van der Waals surface area contributed by atoms with E-state index in [1.54, 1.807) is 0 Å². The Morgan fingerprint density at radius 3 is 1.72 bits per heavy atom. The van der Waals surface area contributed by atoms with Crippen LogP contribution >= 0.6 is 0 Å². The van der Waals surface area contributed by atoms with Crippen molar-refractivity contribution in [3.8, 4) is 0 Å². The van der Waals surface area contributed by atoms with Gasteiger partial charge in [-0.15, -0.1) is 0 Å². The van der Waals surface area contributed by atoms with Crippen molar-refractivity contribution in [2.24, 2.45) is 0 Å². The summed E-state index contributed by atoms with van der Waals surface area (Å²) in [5.41, 5.74) is 9.89. The molecule has 0 saturated heterocycles. The molecule has 0 fully saturated rings. The number of benzene rings is 1. The van der Waals surface area contributed by atoms with E-state index in [0.717, 1.165) is 25.7 Å². The zero-order valence-corrected chi connectivity index (χ0v) is 14.3. The molecule has 124 valence electrons. The topological polar surface area (TPSA) is 31.6 Å². The predicted molar refractivity (Wildman–Crippen MR) is 102 cm³/mol. The molecule has 0 atom stereocenters. The molecule has 2 N–H and O–H groups in total. The van der Waals surface area contributed by atoms with Gasteiger partial charge in [0.1, 0.15) is 0 Å². The summed E-state index contributed by atoms with van der Waals surface area (Å²) in [6.07, 6.45) is 17.7. The lowest BCUT2D eigenvalue weighted by Crippen LogP contribution is -2.11. The molecule has 5 rings (SSSR count). The van der Waals surface area contributed by atoms with Crippen molar-refractivity contribution >= 4 is 0 Å². The van der Waals surface area contributed by atoms with Crippen LogP contribution in [0.25, 0.3) is 0 Å². The highest BCUT2D eigenvalue weighted by molar-refractivity contribution is 5.51. The molecular formula is C23H22N2. The van der Waals surface area contributed by atoms with Crippen LogP contribution in [0.15, 0.2) is 67.0 Å². The van der Waals surface area contributed by atoms with E-state index in [4.69, 9.17) is 0 Å². The van der Waals surface area contributed by atoms with Crippen LogP contribution < -0.4 is 0 Å². The molecular weight excluding hydrogens is 304 g/mol. The molecule has 25 heavy (non-hydrogen) atoms. The van der Waals surface area contributed by atoms with Gasteiger partial charge in [0.2, 0.25) is 0 Å². The van der Waals surface area contributed by atoms with E-state index in [1.165, 1.54) is 39.2 Å². The SMILES string of the molecule is C1=CCc2c(c[nH]c2C(c2ccccc2)c2[nH]cc3c2CC=CC3)C1. The van der Waals surface area contributed by atoms with Crippen molar-refractivity contribution in [2.75, 3.05) is 0 Å². The summed E-state index contributed by atoms with van der Waals surface area (Å²) in [4.78, 5) is 7.26. The van der Waals surface area contributed by atoms with E-state index < -0.39 is 0 Å². The summed E-state index contributed by atoms with van der Waals surface area (Å²) < 4.78 is 0. The largest absolute Gasteiger partial charge is 0.364 e. The van der Waals surface area contributed by atoms with E-state index in [1.807, 2.05) is 0 Å². The fourth-order valence-corrected chi connectivity index (χ4v) is 4.33. The first-order valence-electron chi connectivity index (χ1n) is 9.15. The second kappa shape index (κ2) is 5.96. The average molecular weight is 326 g/mol. The number of nitrogens with one attached hydrogen (secondary N) is 2. The van der Waals surface area contributed by atoms with Crippen LogP contribution in [-0.4, -0.2) is 9.97 Å². The average Bonchev–Trinajstić information content (AvgIpc) is 3.29. The van der Waals surface area contributed by atoms with Gasteiger partial charge in [-0.1, -0.05) is 54.6 Å². The Hall–Kier alpha value is -2.74. The Bertz CT molecular complexity index is 893. The Balaban J connectivity index is 1.69. The van der Waals surface area contributed by atoms with Crippen LogP contribution in [0.1, 0.15) is 45.1 Å². The van der Waals surface area contributed by atoms with Crippen molar-refractivity contribution in [3.05, 3.63) is 106 Å². The molecule has 2 aliphatic carbocycles. The normalized spacial score (nSPS) is 15.4. The van der Waals surface area contributed by atoms with E-state index in [0.29, 0.717) is 0 Å². The number of hydrogen-bond donors (Lipinski definition) is 2. The third kappa shape index (κ3) is 2.41. The zero-order chi connectivity index (χ0) is 16.6. The van der Waals surface area contributed by atoms with Crippen LogP contribution in [0.5, 0.6) is 0 Å². The number of hydrogen-bond acceptors (Lipinski definition) is 0. The monoisotopic (exact) mass is 326 g/mol. The van der Waals surface area contributed by atoms with Gasteiger partial charge in [0.25, 0.3) is 0 Å². The van der Waals surface area contributed by atoms with Crippen molar-refractivity contribution in [1.82, 2.24) is 9.97 Å². The first-order chi connectivity index (χ1) is 12.4. The summed E-state index contributed by atoms with van der Waals surface area (Å²) in [5.74, 6) is 0.242. The molecule has 3 aromatic rings. The summed E-state index contributed by atoms with van der Waals surface area (Å²) in [5, 5.41) is 0. The highest BCUT2D eigenvalue weighted by atomic mass is 14.8. The lowest BCUT2D eigenvalue weighted by atomic mass is 9.84. The smallest absolute Gasteiger partial charge is 0.0647 e. The molecule has 0 spiro atoms. The van der Waals surface area contributed by atoms with Gasteiger partial charge in [-0.25, -0.2) is 0 Å². The van der Waals surface area contributed by atoms with E-state index in [9.17, 15) is 0 Å². The Morgan fingerprint density at radius 2 is 1.16 bits per heavy atom. The number of allylic oxidation sites excluding steroid dienone is 4. The van der Waals surface area contributed by atoms with Gasteiger partial charge < -0.3 is 9.97 Å². The predicted octanol–water partition coefficient (Wildman–Crippen LogP) is 4.83. The quantitative estimate of drug-likeness (QED) is 0.646. The fraction of sp³-hybridized carbons (Fsp3) is 0.217. The molecule has 1 aromatic carbocycles. The van der Waals surface area contributed by atoms with Gasteiger partial charge in [0.05, 0.1) is 5.92 Å². The fourth-order valence-electron chi connectivity index (χ4n) is 4.33. The molecule has 0 aliphatic heterocycles. The minimum absolute atomic E-state index is 0.242. The maximum Gasteiger partial charge on any atom is 0.0647 e. The molecule has 0 saturated carbocycles. The third-order valence-corrected chi connectivity index (χ3v) is 5.59. The second-order valence-corrected chi connectivity index (χ2v) is 7.02. The minimum Gasteiger partial charge on any atom is -0.364 e. The molecule has 2 aromatic heterocycles. The van der Waals surface area contributed by atoms with Crippen LogP contribution in [-0.2, 0) is 25.7 Å². The molecule has 0 amide bonds. The second-order valence-electron chi connectivity index (χ2n) is 7.02. The zero-order valence-electron chi connectivity index (χ0n) is 14.3. The third-order valence-electron chi connectivity index (χ3n) is 5.59. The number of fused-ring (bicyclic) bond motifs is 2. The number of rotatable bonds is 3. The van der Waals surface area contributed by atoms with Crippen molar-refractivity contribution in [2.45, 2.75) is 31.6 Å². The van der Waals surface area contributed by atoms with Gasteiger partial charge in [0.15, 0.2) is 0 Å². The van der Waals surface area contributed by atoms with Crippen molar-refractivity contribution in [1.29, 1.82) is 0 Å². The minimum atomic E-state index is 0.242. The number of aromatic amines is 2. The van der Waals surface area contributed by atoms with Crippen molar-refractivity contribution < 1.29 is 0 Å². The van der Waals surface area contributed by atoms with Crippen LogP contribution in [0, 0.1) is 0 Å². The van der Waals surface area contributed by atoms with E-state index in [-0.39, 0.29) is 5.92 Å². The molecule has 2 aliphatic rings. The first kappa shape index (κ1) is 14.6. The van der Waals surface area contributed by atoms with Crippen LogP contribution in [0.3, 0.4) is 0 Å². The maximum absolute atomic E-state index is 3.63. The highest BCUT2D eigenvalue weighted by Crippen LogP contribution is 2.38. The summed E-state index contributed by atoms with van der Waals surface area (Å²) in [7, 11) is 0. The molecule has 0 radical (unpaired) electrons. The lowest BCUT2D eigenvalue weighted by molar-refractivity contribution is 0.861. The Morgan fingerprint density at radius 1 is 0.640 bits per heavy atom. The van der Waals surface area contributed by atoms with Gasteiger partial charge in [-0.05, 0) is 53.5 Å². The van der Waals surface area contributed by atoms with E-state index in [2.05, 4.69) is 77.0 Å². The maximum atomic E-state index is 3.63. The molecule has 2 heteroatoms. The van der Waals surface area contributed by atoms with Gasteiger partial charge in [-0.2, -0.15) is 0 Å². The van der Waals surface area contributed by atoms with E-state index >= 15 is 0 Å². The molecule has 2 heterocycles. The molecule has 0 unspecified atom stereocenters. The summed E-state index contributed by atoms with van der Waals surface area (Å²) >= 11 is 0. The highest BCUT2D eigenvalue weighted by Gasteiger charge is 2.27. The molecule has 0 bridgehead atoms. The van der Waals surface area contributed by atoms with Gasteiger partial charge in [0, 0.05) is 23.8 Å². The Labute approximate surface area is 148 Å². The number of H-pyrrole nitrogens is 2. The lowest BCUT2D eigenvalue weighted by Gasteiger charge is -2.21. The van der Waals surface area contributed by atoms with Gasteiger partial charge in [-0.3, -0.25) is 0 Å². The van der Waals surface area contributed by atoms with Crippen LogP contribution in [0.2, 0.25) is 0 Å². The Kier molecular flexibility index (Phi) is 3.48.